The van der Waals surface area contributed by atoms with Crippen molar-refractivity contribution in [2.24, 2.45) is 0 Å². The zero-order chi connectivity index (χ0) is 15.5. The number of aryl methyl sites for hydroxylation is 1. The SMILES string of the molecule is COCC(C)OC(=O)c1cc(S(=O)(=O)Cl)cc(C)c1C. The second-order valence-electron chi connectivity index (χ2n) is 4.52. The van der Waals surface area contributed by atoms with E-state index in [0.29, 0.717) is 11.1 Å². The molecular formula is C13H17ClO5S. The second kappa shape index (κ2) is 6.56. The molecular weight excluding hydrogens is 304 g/mol. The van der Waals surface area contributed by atoms with Gasteiger partial charge in [0.2, 0.25) is 0 Å². The number of carbonyl (C=O) groups excluding carboxylic acids is 1. The first kappa shape index (κ1) is 16.9. The Labute approximate surface area is 123 Å². The van der Waals surface area contributed by atoms with E-state index in [1.807, 2.05) is 0 Å². The highest BCUT2D eigenvalue weighted by molar-refractivity contribution is 8.13. The van der Waals surface area contributed by atoms with E-state index in [1.165, 1.54) is 19.2 Å². The first-order valence-corrected chi connectivity index (χ1v) is 8.23. The summed E-state index contributed by atoms with van der Waals surface area (Å²) in [5, 5.41) is 0. The minimum absolute atomic E-state index is 0.117. The van der Waals surface area contributed by atoms with Crippen molar-refractivity contribution in [1.29, 1.82) is 0 Å². The van der Waals surface area contributed by atoms with Gasteiger partial charge in [-0.2, -0.15) is 0 Å². The lowest BCUT2D eigenvalue weighted by molar-refractivity contribution is 0.0119. The Morgan fingerprint density at radius 3 is 2.45 bits per heavy atom. The van der Waals surface area contributed by atoms with E-state index in [4.69, 9.17) is 20.2 Å². The molecule has 0 aromatic heterocycles. The van der Waals surface area contributed by atoms with Crippen LogP contribution in [0.1, 0.15) is 28.4 Å². The summed E-state index contributed by atoms with van der Waals surface area (Å²) >= 11 is 0. The van der Waals surface area contributed by atoms with Crippen LogP contribution < -0.4 is 0 Å². The largest absolute Gasteiger partial charge is 0.457 e. The number of ether oxygens (including phenoxy) is 2. The van der Waals surface area contributed by atoms with Crippen LogP contribution in [0.5, 0.6) is 0 Å². The first-order valence-electron chi connectivity index (χ1n) is 5.92. The zero-order valence-corrected chi connectivity index (χ0v) is 13.3. The van der Waals surface area contributed by atoms with Crippen LogP contribution in [0.15, 0.2) is 17.0 Å². The van der Waals surface area contributed by atoms with Crippen LogP contribution in [0.3, 0.4) is 0 Å². The maximum Gasteiger partial charge on any atom is 0.338 e. The van der Waals surface area contributed by atoms with Gasteiger partial charge in [-0.1, -0.05) is 0 Å². The van der Waals surface area contributed by atoms with Crippen molar-refractivity contribution in [2.75, 3.05) is 13.7 Å². The molecule has 7 heteroatoms. The third kappa shape index (κ3) is 4.19. The quantitative estimate of drug-likeness (QED) is 0.615. The molecule has 0 saturated heterocycles. The highest BCUT2D eigenvalue weighted by Gasteiger charge is 2.20. The van der Waals surface area contributed by atoms with Gasteiger partial charge in [0.25, 0.3) is 9.05 Å². The summed E-state index contributed by atoms with van der Waals surface area (Å²) in [5.41, 5.74) is 1.49. The molecule has 0 bridgehead atoms. The second-order valence-corrected chi connectivity index (χ2v) is 7.09. The lowest BCUT2D eigenvalue weighted by atomic mass is 10.0. The van der Waals surface area contributed by atoms with Gasteiger partial charge in [-0.15, -0.1) is 0 Å². The fourth-order valence-electron chi connectivity index (χ4n) is 1.69. The van der Waals surface area contributed by atoms with Crippen LogP contribution >= 0.6 is 10.7 Å². The van der Waals surface area contributed by atoms with Gasteiger partial charge in [-0.25, -0.2) is 13.2 Å². The topological polar surface area (TPSA) is 69.7 Å². The van der Waals surface area contributed by atoms with Crippen molar-refractivity contribution in [2.45, 2.75) is 31.8 Å². The van der Waals surface area contributed by atoms with Crippen LogP contribution in [0, 0.1) is 13.8 Å². The van der Waals surface area contributed by atoms with E-state index in [2.05, 4.69) is 0 Å². The van der Waals surface area contributed by atoms with Crippen molar-refractivity contribution in [1.82, 2.24) is 0 Å². The lowest BCUT2D eigenvalue weighted by Crippen LogP contribution is -2.20. The molecule has 0 aliphatic carbocycles. The van der Waals surface area contributed by atoms with Crippen LogP contribution in [0.4, 0.5) is 0 Å². The molecule has 1 aromatic rings. The number of methoxy groups -OCH3 is 1. The van der Waals surface area contributed by atoms with Gasteiger partial charge in [-0.3, -0.25) is 0 Å². The monoisotopic (exact) mass is 320 g/mol. The van der Waals surface area contributed by atoms with Crippen LogP contribution in [0.25, 0.3) is 0 Å². The molecule has 0 spiro atoms. The van der Waals surface area contributed by atoms with Gasteiger partial charge >= 0.3 is 5.97 Å². The molecule has 20 heavy (non-hydrogen) atoms. The van der Waals surface area contributed by atoms with Crippen molar-refractivity contribution in [3.05, 3.63) is 28.8 Å². The third-order valence-corrected chi connectivity index (χ3v) is 4.19. The number of benzene rings is 1. The van der Waals surface area contributed by atoms with Gasteiger partial charge in [0.05, 0.1) is 17.1 Å². The molecule has 1 unspecified atom stereocenters. The fourth-order valence-corrected chi connectivity index (χ4v) is 2.54. The van der Waals surface area contributed by atoms with Crippen LogP contribution in [-0.2, 0) is 18.5 Å². The highest BCUT2D eigenvalue weighted by atomic mass is 35.7. The van der Waals surface area contributed by atoms with Crippen molar-refractivity contribution in [3.63, 3.8) is 0 Å². The average Bonchev–Trinajstić information content (AvgIpc) is 2.31. The molecule has 0 aliphatic heterocycles. The molecule has 0 fully saturated rings. The number of esters is 1. The standard InChI is InChI=1S/C13H17ClO5S/c1-8-5-11(20(14,16)17)6-12(10(8)3)13(15)19-9(2)7-18-4/h5-6,9H,7H2,1-4H3. The molecule has 1 aromatic carbocycles. The van der Waals surface area contributed by atoms with Gasteiger partial charge in [0, 0.05) is 17.8 Å². The van der Waals surface area contributed by atoms with Gasteiger partial charge < -0.3 is 9.47 Å². The summed E-state index contributed by atoms with van der Waals surface area (Å²) in [6, 6.07) is 2.65. The first-order chi connectivity index (χ1) is 9.16. The maximum absolute atomic E-state index is 12.1. The molecule has 1 atom stereocenters. The number of hydrogen-bond donors (Lipinski definition) is 0. The summed E-state index contributed by atoms with van der Waals surface area (Å²) in [6.07, 6.45) is -0.427. The third-order valence-electron chi connectivity index (χ3n) is 2.85. The average molecular weight is 321 g/mol. The minimum atomic E-state index is -3.90. The van der Waals surface area contributed by atoms with Crippen molar-refractivity contribution in [3.8, 4) is 0 Å². The van der Waals surface area contributed by atoms with E-state index in [0.717, 1.165) is 0 Å². The predicted molar refractivity (Wildman–Crippen MR) is 75.7 cm³/mol. The fraction of sp³-hybridized carbons (Fsp3) is 0.462. The molecule has 112 valence electrons. The number of hydrogen-bond acceptors (Lipinski definition) is 5. The molecule has 5 nitrogen and oxygen atoms in total. The Morgan fingerprint density at radius 1 is 1.35 bits per heavy atom. The number of halogens is 1. The van der Waals surface area contributed by atoms with Gasteiger partial charge in [0.1, 0.15) is 6.10 Å². The zero-order valence-electron chi connectivity index (χ0n) is 11.8. The predicted octanol–water partition coefficient (Wildman–Crippen LogP) is 2.42. The van der Waals surface area contributed by atoms with Crippen molar-refractivity contribution >= 4 is 25.7 Å². The molecule has 0 radical (unpaired) electrons. The van der Waals surface area contributed by atoms with Gasteiger partial charge in [-0.05, 0) is 44.0 Å². The summed E-state index contributed by atoms with van der Waals surface area (Å²) in [6.45, 7) is 5.37. The molecule has 1 rings (SSSR count). The normalized spacial score (nSPS) is 13.1. The smallest absolute Gasteiger partial charge is 0.338 e. The van der Waals surface area contributed by atoms with Crippen LogP contribution in [-0.4, -0.2) is 34.2 Å². The maximum atomic E-state index is 12.1. The summed E-state index contributed by atoms with van der Waals surface area (Å²) in [7, 11) is 2.92. The Balaban J connectivity index is 3.17. The minimum Gasteiger partial charge on any atom is -0.457 e. The summed E-state index contributed by atoms with van der Waals surface area (Å²) in [5.74, 6) is -0.600. The van der Waals surface area contributed by atoms with E-state index in [9.17, 15) is 13.2 Å². The van der Waals surface area contributed by atoms with Crippen molar-refractivity contribution < 1.29 is 22.7 Å². The Bertz CT molecular complexity index is 609. The Morgan fingerprint density at radius 2 is 1.95 bits per heavy atom. The number of rotatable bonds is 5. The number of carbonyl (C=O) groups is 1. The molecule has 0 N–H and O–H groups in total. The molecule has 0 amide bonds. The summed E-state index contributed by atoms with van der Waals surface area (Å²) < 4.78 is 32.8. The Hall–Kier alpha value is -1.11. The molecule has 0 heterocycles. The Kier molecular flexibility index (Phi) is 5.56. The van der Waals surface area contributed by atoms with Crippen LogP contribution in [0.2, 0.25) is 0 Å². The molecule has 0 saturated carbocycles. The van der Waals surface area contributed by atoms with E-state index >= 15 is 0 Å². The lowest BCUT2D eigenvalue weighted by Gasteiger charge is -2.15. The molecule has 0 aliphatic rings. The van der Waals surface area contributed by atoms with Gasteiger partial charge in [0.15, 0.2) is 0 Å². The summed E-state index contributed by atoms with van der Waals surface area (Å²) in [4.78, 5) is 11.9. The van der Waals surface area contributed by atoms with E-state index < -0.39 is 21.1 Å². The van der Waals surface area contributed by atoms with E-state index in [-0.39, 0.29) is 17.1 Å². The highest BCUT2D eigenvalue weighted by Crippen LogP contribution is 2.23. The van der Waals surface area contributed by atoms with E-state index in [1.54, 1.807) is 20.8 Å².